The topological polar surface area (TPSA) is 119 Å². The molecule has 2 fully saturated rings. The molecule has 126 valence electrons. The minimum Gasteiger partial charge on any atom is -0.435 e. The Morgan fingerprint density at radius 1 is 1.43 bits per heavy atom. The molecular formula is C13H17N3O6S. The molecule has 0 radical (unpaired) electrons. The van der Waals surface area contributed by atoms with Crippen molar-refractivity contribution in [1.29, 1.82) is 0 Å². The van der Waals surface area contributed by atoms with E-state index in [4.69, 9.17) is 15.0 Å². The largest absolute Gasteiger partial charge is 0.511 e. The average molecular weight is 343 g/mol. The normalized spacial score (nSPS) is 25.8. The number of amides is 1. The molecule has 9 nitrogen and oxygen atoms in total. The van der Waals surface area contributed by atoms with E-state index in [0.29, 0.717) is 0 Å². The van der Waals surface area contributed by atoms with Crippen LogP contribution in [0.2, 0.25) is 0 Å². The first kappa shape index (κ1) is 17.3. The van der Waals surface area contributed by atoms with Crippen molar-refractivity contribution in [3.8, 4) is 0 Å². The second kappa shape index (κ2) is 6.21. The maximum atomic E-state index is 12.4. The Hall–Kier alpha value is -2.06. The van der Waals surface area contributed by atoms with Crippen molar-refractivity contribution in [2.75, 3.05) is 6.61 Å². The minimum atomic E-state index is -1.15. The zero-order valence-electron chi connectivity index (χ0n) is 13.1. The average Bonchev–Trinajstić information content (AvgIpc) is 2.67. The van der Waals surface area contributed by atoms with Gasteiger partial charge in [-0.2, -0.15) is 4.79 Å². The number of rotatable bonds is 4. The first-order valence-corrected chi connectivity index (χ1v) is 7.87. The van der Waals surface area contributed by atoms with E-state index in [9.17, 15) is 14.4 Å². The molecule has 0 saturated carbocycles. The van der Waals surface area contributed by atoms with Gasteiger partial charge in [0.05, 0.1) is 6.61 Å². The summed E-state index contributed by atoms with van der Waals surface area (Å²) in [7, 11) is 0. The molecule has 2 heterocycles. The number of hydrogen-bond acceptors (Lipinski definition) is 7. The number of carbonyl (C=O) groups excluding carboxylic acids is 3. The lowest BCUT2D eigenvalue weighted by atomic mass is 9.97. The van der Waals surface area contributed by atoms with Gasteiger partial charge in [-0.3, -0.25) is 9.69 Å². The van der Waals surface area contributed by atoms with Crippen LogP contribution in [0.5, 0.6) is 0 Å². The Kier molecular flexibility index (Phi) is 4.67. The molecular weight excluding hydrogens is 326 g/mol. The van der Waals surface area contributed by atoms with Gasteiger partial charge in [0.2, 0.25) is 6.29 Å². The highest BCUT2D eigenvalue weighted by molar-refractivity contribution is 8.02. The van der Waals surface area contributed by atoms with Crippen molar-refractivity contribution in [3.05, 3.63) is 5.53 Å². The third kappa shape index (κ3) is 3.04. The van der Waals surface area contributed by atoms with Crippen LogP contribution in [0.1, 0.15) is 27.7 Å². The summed E-state index contributed by atoms with van der Waals surface area (Å²) in [5.41, 5.74) is 8.84. The molecule has 10 heteroatoms. The third-order valence-electron chi connectivity index (χ3n) is 3.43. The van der Waals surface area contributed by atoms with Gasteiger partial charge in [-0.05, 0) is 20.8 Å². The van der Waals surface area contributed by atoms with Crippen LogP contribution < -0.4 is 0 Å². The summed E-state index contributed by atoms with van der Waals surface area (Å²) in [6.07, 6.45) is -2.09. The molecule has 2 aliphatic rings. The molecule has 2 rings (SSSR count). The van der Waals surface area contributed by atoms with Gasteiger partial charge in [0, 0.05) is 11.7 Å². The summed E-state index contributed by atoms with van der Waals surface area (Å²) in [6.45, 7) is 6.69. The van der Waals surface area contributed by atoms with Crippen molar-refractivity contribution in [3.63, 3.8) is 0 Å². The maximum Gasteiger partial charge on any atom is 0.511 e. The first-order valence-electron chi connectivity index (χ1n) is 6.99. The lowest BCUT2D eigenvalue weighted by molar-refractivity contribution is -0.177. The quantitative estimate of drug-likeness (QED) is 0.243. The molecule has 2 aliphatic heterocycles. The summed E-state index contributed by atoms with van der Waals surface area (Å²) in [5.74, 6) is -1.22. The molecule has 0 aromatic carbocycles. The van der Waals surface area contributed by atoms with Crippen molar-refractivity contribution < 1.29 is 33.4 Å². The maximum absolute atomic E-state index is 12.4. The Bertz CT molecular complexity index is 601. The molecule has 0 N–H and O–H groups in total. The number of esters is 1. The predicted octanol–water partition coefficient (Wildman–Crippen LogP) is 0.782. The molecule has 23 heavy (non-hydrogen) atoms. The summed E-state index contributed by atoms with van der Waals surface area (Å²) in [4.78, 5) is 39.8. The lowest BCUT2D eigenvalue weighted by Crippen LogP contribution is -2.64. The molecule has 1 amide bonds. The van der Waals surface area contributed by atoms with E-state index >= 15 is 0 Å². The van der Waals surface area contributed by atoms with Crippen LogP contribution in [-0.4, -0.2) is 62.5 Å². The predicted molar refractivity (Wildman–Crippen MR) is 78.4 cm³/mol. The Labute approximate surface area is 136 Å². The zero-order valence-corrected chi connectivity index (χ0v) is 14.0. The monoisotopic (exact) mass is 343 g/mol. The van der Waals surface area contributed by atoms with Gasteiger partial charge in [0.25, 0.3) is 0 Å². The number of fused-ring (bicyclic) bond motifs is 1. The van der Waals surface area contributed by atoms with Crippen LogP contribution in [-0.2, 0) is 23.8 Å². The van der Waals surface area contributed by atoms with E-state index in [1.165, 1.54) is 23.6 Å². The van der Waals surface area contributed by atoms with Gasteiger partial charge >= 0.3 is 23.7 Å². The molecule has 0 aromatic heterocycles. The van der Waals surface area contributed by atoms with Crippen LogP contribution in [0.25, 0.3) is 5.53 Å². The molecule has 3 atom stereocenters. The van der Waals surface area contributed by atoms with Crippen LogP contribution in [0.15, 0.2) is 0 Å². The van der Waals surface area contributed by atoms with Gasteiger partial charge in [-0.1, -0.05) is 0 Å². The number of nitrogens with zero attached hydrogens (tertiary/aromatic N) is 3. The lowest BCUT2D eigenvalue weighted by Gasteiger charge is -2.33. The van der Waals surface area contributed by atoms with Crippen LogP contribution in [0.4, 0.5) is 4.79 Å². The van der Waals surface area contributed by atoms with Gasteiger partial charge in [-0.15, -0.1) is 11.8 Å². The van der Waals surface area contributed by atoms with Crippen LogP contribution in [0.3, 0.4) is 0 Å². The minimum absolute atomic E-state index is 0.00852. The highest BCUT2D eigenvalue weighted by Gasteiger charge is 2.67. The van der Waals surface area contributed by atoms with E-state index < -0.39 is 40.5 Å². The Balaban J connectivity index is 2.05. The number of thioether (sulfide) groups is 1. The summed E-state index contributed by atoms with van der Waals surface area (Å²) < 4.78 is 13.8. The fourth-order valence-electron chi connectivity index (χ4n) is 2.49. The highest BCUT2D eigenvalue weighted by atomic mass is 32.2. The summed E-state index contributed by atoms with van der Waals surface area (Å²) in [5, 5.41) is -0.485. The number of carbonyl (C=O) groups is 3. The third-order valence-corrected chi connectivity index (χ3v) is 4.93. The van der Waals surface area contributed by atoms with E-state index in [1.807, 2.05) is 0 Å². The fourth-order valence-corrected chi connectivity index (χ4v) is 4.00. The molecule has 1 unspecified atom stereocenters. The Morgan fingerprint density at radius 3 is 2.65 bits per heavy atom. The van der Waals surface area contributed by atoms with E-state index in [-0.39, 0.29) is 12.3 Å². The van der Waals surface area contributed by atoms with Crippen molar-refractivity contribution >= 4 is 35.5 Å². The highest BCUT2D eigenvalue weighted by Crippen LogP contribution is 2.49. The van der Waals surface area contributed by atoms with E-state index in [0.717, 1.165) is 0 Å². The summed E-state index contributed by atoms with van der Waals surface area (Å²) >= 11 is 1.32. The molecule has 0 aromatic rings. The number of β-lactam (4-membered cyclic amide) rings is 1. The smallest absolute Gasteiger partial charge is 0.435 e. The summed E-state index contributed by atoms with van der Waals surface area (Å²) in [6, 6.07) is -0.872. The van der Waals surface area contributed by atoms with E-state index in [1.54, 1.807) is 20.8 Å². The Morgan fingerprint density at radius 2 is 2.09 bits per heavy atom. The standard InChI is InChI=1S/C13H17N3O6S/c1-5-20-12(19)22-6(2)21-11(18)8-13(3,4)23-10-7(15-14)9(17)16(8)10/h6,8,10H,5H2,1-4H3/t6?,8-,10+/m0/s1. The van der Waals surface area contributed by atoms with Crippen LogP contribution >= 0.6 is 11.8 Å². The van der Waals surface area contributed by atoms with Gasteiger partial charge in [-0.25, -0.2) is 9.59 Å². The molecule has 0 aliphatic carbocycles. The molecule has 0 bridgehead atoms. The SMILES string of the molecule is CCOC(=O)OC(C)OC(=O)[C@@H]1N2C(=O)C(=[N+]=[N-])[C@H]2SC1(C)C. The van der Waals surface area contributed by atoms with E-state index in [2.05, 4.69) is 9.53 Å². The first-order chi connectivity index (χ1) is 10.7. The van der Waals surface area contributed by atoms with Crippen molar-refractivity contribution in [2.24, 2.45) is 0 Å². The van der Waals surface area contributed by atoms with Gasteiger partial charge in [0.1, 0.15) is 6.04 Å². The van der Waals surface area contributed by atoms with Gasteiger partial charge < -0.3 is 19.7 Å². The second-order valence-electron chi connectivity index (χ2n) is 5.48. The van der Waals surface area contributed by atoms with Crippen molar-refractivity contribution in [1.82, 2.24) is 4.90 Å². The molecule has 0 spiro atoms. The second-order valence-corrected chi connectivity index (χ2v) is 7.21. The van der Waals surface area contributed by atoms with Crippen molar-refractivity contribution in [2.45, 2.75) is 50.1 Å². The van der Waals surface area contributed by atoms with Crippen LogP contribution in [0, 0.1) is 0 Å². The van der Waals surface area contributed by atoms with Gasteiger partial charge in [0.15, 0.2) is 5.37 Å². The molecule has 2 saturated heterocycles. The fraction of sp³-hybridized carbons (Fsp3) is 0.692. The number of hydrogen-bond donors (Lipinski definition) is 0. The number of ether oxygens (including phenoxy) is 3. The zero-order chi connectivity index (χ0) is 17.4.